The van der Waals surface area contributed by atoms with Gasteiger partial charge in [-0.05, 0) is 37.5 Å². The molecular weight excluding hydrogens is 616 g/mol. The van der Waals surface area contributed by atoms with Crippen molar-refractivity contribution in [2.75, 3.05) is 68.8 Å². The third kappa shape index (κ3) is 9.82. The molecule has 0 spiro atoms. The summed E-state index contributed by atoms with van der Waals surface area (Å²) >= 11 is 0. The number of aromatic nitrogens is 3. The summed E-state index contributed by atoms with van der Waals surface area (Å²) in [5.74, 6) is 2.76. The third-order valence-electron chi connectivity index (χ3n) is 7.68. The van der Waals surface area contributed by atoms with E-state index in [-0.39, 0.29) is 0 Å². The molecule has 47 heavy (non-hydrogen) atoms. The Morgan fingerprint density at radius 2 is 1.32 bits per heavy atom. The van der Waals surface area contributed by atoms with Crippen LogP contribution in [0.1, 0.15) is 51.0 Å². The van der Waals surface area contributed by atoms with Gasteiger partial charge in [0, 0.05) is 62.3 Å². The molecule has 1 heterocycles. The van der Waals surface area contributed by atoms with E-state index in [1.54, 1.807) is 26.4 Å². The fourth-order valence-electron chi connectivity index (χ4n) is 5.23. The maximum Gasteiger partial charge on any atom is 0.241 e. The fourth-order valence-corrected chi connectivity index (χ4v) is 6.53. The van der Waals surface area contributed by atoms with Gasteiger partial charge in [0.25, 0.3) is 0 Å². The number of benzene rings is 3. The van der Waals surface area contributed by atoms with Crippen LogP contribution in [0.2, 0.25) is 0 Å². The summed E-state index contributed by atoms with van der Waals surface area (Å²) in [7, 11) is 3.50. The molecule has 0 amide bonds. The van der Waals surface area contributed by atoms with Crippen LogP contribution in [0.5, 0.6) is 11.5 Å². The SMILES string of the molecule is CCCCNc1nc(NCCCCCCNS(=O)(=O)c2cccc3c(N(C)C)cccc23)nc(NCc2cccc(OC)c2OC)n1. The van der Waals surface area contributed by atoms with Gasteiger partial charge in [-0.15, -0.1) is 0 Å². The number of rotatable bonds is 20. The van der Waals surface area contributed by atoms with E-state index in [9.17, 15) is 8.42 Å². The highest BCUT2D eigenvalue weighted by molar-refractivity contribution is 7.89. The second kappa shape index (κ2) is 17.5. The molecule has 254 valence electrons. The minimum Gasteiger partial charge on any atom is -0.493 e. The zero-order valence-corrected chi connectivity index (χ0v) is 28.9. The highest BCUT2D eigenvalue weighted by Crippen LogP contribution is 2.31. The number of para-hydroxylation sites is 1. The third-order valence-corrected chi connectivity index (χ3v) is 9.20. The fraction of sp³-hybridized carbons (Fsp3) is 0.441. The lowest BCUT2D eigenvalue weighted by Gasteiger charge is -2.17. The van der Waals surface area contributed by atoms with Crippen molar-refractivity contribution in [2.45, 2.75) is 56.9 Å². The van der Waals surface area contributed by atoms with E-state index in [0.717, 1.165) is 67.1 Å². The summed E-state index contributed by atoms with van der Waals surface area (Å²) in [4.78, 5) is 16.0. The molecule has 4 aromatic rings. The van der Waals surface area contributed by atoms with Crippen molar-refractivity contribution in [1.82, 2.24) is 19.7 Å². The minimum absolute atomic E-state index is 0.306. The molecule has 0 radical (unpaired) electrons. The maximum atomic E-state index is 13.2. The highest BCUT2D eigenvalue weighted by atomic mass is 32.2. The van der Waals surface area contributed by atoms with Crippen LogP contribution in [0.3, 0.4) is 0 Å². The number of nitrogens with one attached hydrogen (secondary N) is 4. The largest absolute Gasteiger partial charge is 0.493 e. The van der Waals surface area contributed by atoms with E-state index >= 15 is 0 Å². The average Bonchev–Trinajstić information content (AvgIpc) is 3.07. The van der Waals surface area contributed by atoms with Crippen molar-refractivity contribution in [3.8, 4) is 11.5 Å². The van der Waals surface area contributed by atoms with Crippen LogP contribution in [0, 0.1) is 0 Å². The Kier molecular flexibility index (Phi) is 13.2. The first kappa shape index (κ1) is 35.5. The van der Waals surface area contributed by atoms with Gasteiger partial charge in [0.2, 0.25) is 27.9 Å². The summed E-state index contributed by atoms with van der Waals surface area (Å²) < 4.78 is 40.1. The van der Waals surface area contributed by atoms with Crippen molar-refractivity contribution in [3.05, 3.63) is 60.2 Å². The Labute approximate surface area is 278 Å². The van der Waals surface area contributed by atoms with E-state index in [2.05, 4.69) is 42.5 Å². The molecule has 0 saturated carbocycles. The molecular formula is C34H48N8O4S. The van der Waals surface area contributed by atoms with Gasteiger partial charge in [-0.1, -0.05) is 62.6 Å². The number of nitrogens with zero attached hydrogens (tertiary/aromatic N) is 4. The standard InChI is InChI=1S/C34H48N8O4S/c1-6-7-21-35-32-39-33(41-34(40-32)37-24-25-15-12-19-29(45-4)31(25)46-5)36-22-10-8-9-11-23-38-47(43,44)30-20-14-16-26-27(30)17-13-18-28(26)42(2)3/h12-20,38H,6-11,21-24H2,1-5H3,(H3,35,36,37,39,40,41). The molecule has 12 nitrogen and oxygen atoms in total. The summed E-state index contributed by atoms with van der Waals surface area (Å²) in [6.45, 7) is 4.41. The number of fused-ring (bicyclic) bond motifs is 1. The quantitative estimate of drug-likeness (QED) is 0.0841. The number of anilines is 4. The Morgan fingerprint density at radius 1 is 0.702 bits per heavy atom. The van der Waals surface area contributed by atoms with Gasteiger partial charge in [-0.25, -0.2) is 13.1 Å². The Hall–Kier alpha value is -4.36. The minimum atomic E-state index is -3.64. The normalized spacial score (nSPS) is 11.3. The molecule has 0 aliphatic rings. The van der Waals surface area contributed by atoms with Gasteiger partial charge in [0.1, 0.15) is 0 Å². The highest BCUT2D eigenvalue weighted by Gasteiger charge is 2.18. The van der Waals surface area contributed by atoms with Gasteiger partial charge in [0.15, 0.2) is 11.5 Å². The zero-order chi connectivity index (χ0) is 33.6. The molecule has 0 unspecified atom stereocenters. The van der Waals surface area contributed by atoms with Crippen molar-refractivity contribution in [2.24, 2.45) is 0 Å². The summed E-state index contributed by atoms with van der Waals surface area (Å²) in [6.07, 6.45) is 5.52. The van der Waals surface area contributed by atoms with Crippen LogP contribution >= 0.6 is 0 Å². The first-order valence-corrected chi connectivity index (χ1v) is 17.6. The summed E-state index contributed by atoms with van der Waals surface area (Å²) in [5.41, 5.74) is 1.90. The predicted molar refractivity (Wildman–Crippen MR) is 191 cm³/mol. The van der Waals surface area contributed by atoms with E-state index in [0.29, 0.717) is 53.9 Å². The van der Waals surface area contributed by atoms with Crippen molar-refractivity contribution in [3.63, 3.8) is 0 Å². The van der Waals surface area contributed by atoms with Crippen LogP contribution in [-0.4, -0.2) is 71.3 Å². The molecule has 0 bridgehead atoms. The average molecular weight is 665 g/mol. The molecule has 0 saturated heterocycles. The van der Waals surface area contributed by atoms with E-state index in [4.69, 9.17) is 9.47 Å². The number of sulfonamides is 1. The lowest BCUT2D eigenvalue weighted by atomic mass is 10.1. The molecule has 0 atom stereocenters. The van der Waals surface area contributed by atoms with Crippen LogP contribution in [0.25, 0.3) is 10.8 Å². The van der Waals surface area contributed by atoms with Crippen LogP contribution in [0.4, 0.5) is 23.5 Å². The Morgan fingerprint density at radius 3 is 1.98 bits per heavy atom. The van der Waals surface area contributed by atoms with E-state index in [1.165, 1.54) is 0 Å². The number of unbranched alkanes of at least 4 members (excludes halogenated alkanes) is 4. The smallest absolute Gasteiger partial charge is 0.241 e. The van der Waals surface area contributed by atoms with Gasteiger partial charge in [0.05, 0.1) is 19.1 Å². The van der Waals surface area contributed by atoms with Gasteiger partial charge >= 0.3 is 0 Å². The number of hydrogen-bond acceptors (Lipinski definition) is 11. The van der Waals surface area contributed by atoms with Crippen LogP contribution in [-0.2, 0) is 16.6 Å². The molecule has 0 fully saturated rings. The second-order valence-corrected chi connectivity index (χ2v) is 13.1. The van der Waals surface area contributed by atoms with Crippen LogP contribution in [0.15, 0.2) is 59.5 Å². The van der Waals surface area contributed by atoms with Gasteiger partial charge in [-0.2, -0.15) is 15.0 Å². The van der Waals surface area contributed by atoms with Crippen LogP contribution < -0.4 is 35.0 Å². The maximum absolute atomic E-state index is 13.2. The zero-order valence-electron chi connectivity index (χ0n) is 28.1. The topological polar surface area (TPSA) is 143 Å². The molecule has 13 heteroatoms. The number of methoxy groups -OCH3 is 2. The summed E-state index contributed by atoms with van der Waals surface area (Å²) in [5, 5.41) is 11.5. The Bertz CT molecular complexity index is 1700. The van der Waals surface area contributed by atoms with E-state index in [1.807, 2.05) is 61.5 Å². The van der Waals surface area contributed by atoms with Crippen molar-refractivity contribution < 1.29 is 17.9 Å². The first-order valence-electron chi connectivity index (χ1n) is 16.1. The van der Waals surface area contributed by atoms with Crippen molar-refractivity contribution >= 4 is 44.3 Å². The molecule has 3 aromatic carbocycles. The number of hydrogen-bond donors (Lipinski definition) is 4. The second-order valence-electron chi connectivity index (χ2n) is 11.4. The molecule has 0 aliphatic carbocycles. The monoisotopic (exact) mass is 664 g/mol. The molecule has 0 aliphatic heterocycles. The van der Waals surface area contributed by atoms with Crippen molar-refractivity contribution in [1.29, 1.82) is 0 Å². The summed E-state index contributed by atoms with van der Waals surface area (Å²) in [6, 6.07) is 16.9. The lowest BCUT2D eigenvalue weighted by Crippen LogP contribution is -2.25. The van der Waals surface area contributed by atoms with Gasteiger partial charge in [-0.3, -0.25) is 0 Å². The first-order chi connectivity index (χ1) is 22.8. The Balaban J connectivity index is 1.26. The van der Waals surface area contributed by atoms with Gasteiger partial charge < -0.3 is 30.3 Å². The molecule has 4 N–H and O–H groups in total. The molecule has 4 rings (SSSR count). The predicted octanol–water partition coefficient (Wildman–Crippen LogP) is 5.88. The molecule has 1 aromatic heterocycles. The lowest BCUT2D eigenvalue weighted by molar-refractivity contribution is 0.352. The van der Waals surface area contributed by atoms with E-state index < -0.39 is 10.0 Å². The number of ether oxygens (including phenoxy) is 2.